The van der Waals surface area contributed by atoms with Crippen molar-refractivity contribution in [1.82, 2.24) is 10.2 Å². The van der Waals surface area contributed by atoms with Crippen LogP contribution in [0.15, 0.2) is 24.3 Å². The van der Waals surface area contributed by atoms with Crippen LogP contribution in [0.25, 0.3) is 0 Å². The van der Waals surface area contributed by atoms with Crippen LogP contribution in [0.3, 0.4) is 0 Å². The molecule has 2 aliphatic heterocycles. The molecule has 1 aromatic rings. The Hall–Kier alpha value is -1.67. The minimum atomic E-state index is -2.59. The summed E-state index contributed by atoms with van der Waals surface area (Å²) < 4.78 is 25.4. The number of benzene rings is 1. The van der Waals surface area contributed by atoms with Crippen LogP contribution in [0.2, 0.25) is 0 Å². The van der Waals surface area contributed by atoms with E-state index in [-0.39, 0.29) is 23.9 Å². The van der Waals surface area contributed by atoms with Gasteiger partial charge in [-0.25, -0.2) is 8.78 Å². The molecule has 0 bridgehead atoms. The summed E-state index contributed by atoms with van der Waals surface area (Å²) in [7, 11) is 0. The molecule has 28 heavy (non-hydrogen) atoms. The van der Waals surface area contributed by atoms with Gasteiger partial charge < -0.3 is 10.6 Å². The third-order valence-electron chi connectivity index (χ3n) is 6.08. The van der Waals surface area contributed by atoms with Gasteiger partial charge in [-0.1, -0.05) is 12.1 Å². The Balaban J connectivity index is 1.20. The fourth-order valence-electron chi connectivity index (χ4n) is 4.54. The Labute approximate surface area is 167 Å². The molecule has 4 rings (SSSR count). The van der Waals surface area contributed by atoms with Crippen molar-refractivity contribution >= 4 is 29.3 Å². The lowest BCUT2D eigenvalue weighted by atomic mass is 10.1. The zero-order valence-corrected chi connectivity index (χ0v) is 16.4. The molecule has 0 radical (unpaired) electrons. The van der Waals surface area contributed by atoms with E-state index >= 15 is 0 Å². The first-order valence-corrected chi connectivity index (χ1v) is 11.0. The molecule has 3 fully saturated rings. The Morgan fingerprint density at radius 2 is 1.89 bits per heavy atom. The molecule has 2 N–H and O–H groups in total. The van der Waals surface area contributed by atoms with Crippen molar-refractivity contribution in [3.05, 3.63) is 29.8 Å². The number of alkyl halides is 2. The predicted molar refractivity (Wildman–Crippen MR) is 105 cm³/mol. The highest BCUT2D eigenvalue weighted by Gasteiger charge is 2.59. The molecule has 1 aromatic carbocycles. The van der Waals surface area contributed by atoms with Crippen LogP contribution in [0.4, 0.5) is 14.5 Å². The zero-order valence-electron chi connectivity index (χ0n) is 15.6. The maximum absolute atomic E-state index is 12.7. The number of likely N-dealkylation sites (tertiary alicyclic amines) is 1. The molecule has 5 nitrogen and oxygen atoms in total. The third kappa shape index (κ3) is 4.33. The summed E-state index contributed by atoms with van der Waals surface area (Å²) in [5.74, 6) is 2.84. The second kappa shape index (κ2) is 8.37. The molecule has 1 saturated carbocycles. The molecule has 0 aromatic heterocycles. The molecule has 2 unspecified atom stereocenters. The standard InChI is InChI=1S/C20H25F2N3O2S/c21-19(22)12-2-1-3-13(8-12)24-17(26)9-23-20(27)18-15-10-25(11-16(15)18)14-4-6-28-7-5-14/h1-3,8,14-16,18-19H,4-7,9-11H2,(H,23,27)(H,24,26). The summed E-state index contributed by atoms with van der Waals surface area (Å²) in [5, 5.41) is 5.26. The van der Waals surface area contributed by atoms with Crippen LogP contribution in [0.5, 0.6) is 0 Å². The summed E-state index contributed by atoms with van der Waals surface area (Å²) in [6.07, 6.45) is -0.0975. The van der Waals surface area contributed by atoms with Gasteiger partial charge in [-0.15, -0.1) is 0 Å². The minimum absolute atomic E-state index is 0.0178. The van der Waals surface area contributed by atoms with Gasteiger partial charge in [-0.3, -0.25) is 14.5 Å². The van der Waals surface area contributed by atoms with Gasteiger partial charge >= 0.3 is 0 Å². The fourth-order valence-corrected chi connectivity index (χ4v) is 5.62. The molecule has 8 heteroatoms. The molecule has 2 amide bonds. The van der Waals surface area contributed by atoms with E-state index in [9.17, 15) is 18.4 Å². The SMILES string of the molecule is O=C(CNC(=O)C1C2CN(C3CCSCC3)CC21)Nc1cccc(C(F)F)c1. The van der Waals surface area contributed by atoms with E-state index in [4.69, 9.17) is 0 Å². The first kappa shape index (κ1) is 19.6. The topological polar surface area (TPSA) is 61.4 Å². The average molecular weight is 410 g/mol. The highest BCUT2D eigenvalue weighted by atomic mass is 32.2. The van der Waals surface area contributed by atoms with Crippen molar-refractivity contribution in [1.29, 1.82) is 0 Å². The number of halogens is 2. The first-order valence-electron chi connectivity index (χ1n) is 9.80. The van der Waals surface area contributed by atoms with E-state index in [0.29, 0.717) is 23.6 Å². The number of carbonyl (C=O) groups excluding carboxylic acids is 2. The largest absolute Gasteiger partial charge is 0.347 e. The number of carbonyl (C=O) groups is 2. The molecule has 2 heterocycles. The van der Waals surface area contributed by atoms with E-state index in [1.165, 1.54) is 42.5 Å². The van der Waals surface area contributed by atoms with Crippen molar-refractivity contribution < 1.29 is 18.4 Å². The number of hydrogen-bond donors (Lipinski definition) is 2. The van der Waals surface area contributed by atoms with Gasteiger partial charge in [0.25, 0.3) is 6.43 Å². The normalized spacial score (nSPS) is 27.5. The number of fused-ring (bicyclic) bond motifs is 1. The van der Waals surface area contributed by atoms with Gasteiger partial charge in [0.1, 0.15) is 0 Å². The maximum Gasteiger partial charge on any atom is 0.263 e. The molecule has 3 aliphatic rings. The molecule has 1 aliphatic carbocycles. The van der Waals surface area contributed by atoms with Crippen LogP contribution >= 0.6 is 11.8 Å². The van der Waals surface area contributed by atoms with Crippen molar-refractivity contribution in [2.45, 2.75) is 25.3 Å². The Kier molecular flexibility index (Phi) is 5.87. The summed E-state index contributed by atoms with van der Waals surface area (Å²) in [6, 6.07) is 6.25. The van der Waals surface area contributed by atoms with Crippen LogP contribution < -0.4 is 10.6 Å². The van der Waals surface area contributed by atoms with Gasteiger partial charge in [0, 0.05) is 36.3 Å². The molecular formula is C20H25F2N3O2S. The molecule has 152 valence electrons. The van der Waals surface area contributed by atoms with Gasteiger partial charge in [-0.2, -0.15) is 11.8 Å². The quantitative estimate of drug-likeness (QED) is 0.759. The van der Waals surface area contributed by atoms with Crippen molar-refractivity contribution in [2.75, 3.05) is 36.5 Å². The van der Waals surface area contributed by atoms with Crippen LogP contribution in [-0.2, 0) is 9.59 Å². The molecule has 2 saturated heterocycles. The number of hydrogen-bond acceptors (Lipinski definition) is 4. The van der Waals surface area contributed by atoms with Crippen LogP contribution in [0, 0.1) is 17.8 Å². The molecular weight excluding hydrogens is 384 g/mol. The Morgan fingerprint density at radius 3 is 2.57 bits per heavy atom. The van der Waals surface area contributed by atoms with E-state index in [1.54, 1.807) is 6.07 Å². The Bertz CT molecular complexity index is 730. The highest BCUT2D eigenvalue weighted by Crippen LogP contribution is 2.52. The summed E-state index contributed by atoms with van der Waals surface area (Å²) in [4.78, 5) is 27.0. The first-order chi connectivity index (χ1) is 13.5. The molecule has 2 atom stereocenters. The lowest BCUT2D eigenvalue weighted by molar-refractivity contribution is -0.125. The number of amides is 2. The lowest BCUT2D eigenvalue weighted by Crippen LogP contribution is -2.40. The van der Waals surface area contributed by atoms with E-state index in [2.05, 4.69) is 15.5 Å². The summed E-state index contributed by atoms with van der Waals surface area (Å²) >= 11 is 2.02. The number of rotatable bonds is 6. The minimum Gasteiger partial charge on any atom is -0.347 e. The lowest BCUT2D eigenvalue weighted by Gasteiger charge is -2.32. The van der Waals surface area contributed by atoms with Crippen molar-refractivity contribution in [3.8, 4) is 0 Å². The van der Waals surface area contributed by atoms with Crippen molar-refractivity contribution in [3.63, 3.8) is 0 Å². The van der Waals surface area contributed by atoms with Gasteiger partial charge in [0.15, 0.2) is 0 Å². The van der Waals surface area contributed by atoms with E-state index in [1.807, 2.05) is 11.8 Å². The van der Waals surface area contributed by atoms with Crippen LogP contribution in [0.1, 0.15) is 24.8 Å². The monoisotopic (exact) mass is 409 g/mol. The number of piperidine rings is 1. The van der Waals surface area contributed by atoms with E-state index < -0.39 is 12.3 Å². The highest BCUT2D eigenvalue weighted by molar-refractivity contribution is 7.99. The number of thioether (sulfide) groups is 1. The Morgan fingerprint density at radius 1 is 1.18 bits per heavy atom. The maximum atomic E-state index is 12.7. The number of anilines is 1. The second-order valence-electron chi connectivity index (χ2n) is 7.84. The summed E-state index contributed by atoms with van der Waals surface area (Å²) in [6.45, 7) is 1.84. The number of nitrogens with one attached hydrogen (secondary N) is 2. The van der Waals surface area contributed by atoms with Gasteiger partial charge in [-0.05, 0) is 48.3 Å². The second-order valence-corrected chi connectivity index (χ2v) is 9.07. The zero-order chi connectivity index (χ0) is 19.7. The van der Waals surface area contributed by atoms with Crippen LogP contribution in [-0.4, -0.2) is 53.9 Å². The predicted octanol–water partition coefficient (Wildman–Crippen LogP) is 2.75. The fraction of sp³-hybridized carbons (Fsp3) is 0.600. The van der Waals surface area contributed by atoms with Crippen molar-refractivity contribution in [2.24, 2.45) is 17.8 Å². The van der Waals surface area contributed by atoms with Gasteiger partial charge in [0.05, 0.1) is 6.54 Å². The third-order valence-corrected chi connectivity index (χ3v) is 7.13. The van der Waals surface area contributed by atoms with Gasteiger partial charge in [0.2, 0.25) is 11.8 Å². The van der Waals surface area contributed by atoms with E-state index in [0.717, 1.165) is 13.1 Å². The molecule has 0 spiro atoms. The summed E-state index contributed by atoms with van der Waals surface area (Å²) in [5.41, 5.74) is 0.162. The number of nitrogens with zero attached hydrogens (tertiary/aromatic N) is 1. The average Bonchev–Trinajstić information content (AvgIpc) is 3.20. The smallest absolute Gasteiger partial charge is 0.263 e.